The minimum Gasteiger partial charge on any atom is -0.387 e. The Kier molecular flexibility index (Phi) is 4.65. The number of thioether (sulfide) groups is 1. The summed E-state index contributed by atoms with van der Waals surface area (Å²) in [6, 6.07) is 3.42. The lowest BCUT2D eigenvalue weighted by Crippen LogP contribution is -2.49. The van der Waals surface area contributed by atoms with Crippen molar-refractivity contribution in [3.8, 4) is 0 Å². The van der Waals surface area contributed by atoms with Crippen molar-refractivity contribution in [1.82, 2.24) is 5.32 Å². The van der Waals surface area contributed by atoms with Gasteiger partial charge in [0.1, 0.15) is 11.6 Å². The fraction of sp³-hybridized carbons (Fsp3) is 0.588. The van der Waals surface area contributed by atoms with Crippen LogP contribution in [0, 0.1) is 11.6 Å². The smallest absolute Gasteiger partial charge is 0.230 e. The zero-order chi connectivity index (χ0) is 16.5. The van der Waals surface area contributed by atoms with Gasteiger partial charge in [-0.25, -0.2) is 8.78 Å². The van der Waals surface area contributed by atoms with Crippen molar-refractivity contribution < 1.29 is 18.7 Å². The van der Waals surface area contributed by atoms with Gasteiger partial charge >= 0.3 is 0 Å². The molecule has 0 radical (unpaired) electrons. The molecule has 1 aromatic carbocycles. The second-order valence-electron chi connectivity index (χ2n) is 6.62. The molecule has 3 nitrogen and oxygen atoms in total. The van der Waals surface area contributed by atoms with Gasteiger partial charge in [-0.3, -0.25) is 4.79 Å². The summed E-state index contributed by atoms with van der Waals surface area (Å²) in [7, 11) is 0. The quantitative estimate of drug-likeness (QED) is 0.885. The van der Waals surface area contributed by atoms with E-state index in [1.165, 1.54) is 12.1 Å². The zero-order valence-electron chi connectivity index (χ0n) is 12.9. The predicted octanol–water partition coefficient (Wildman–Crippen LogP) is 2.76. The second-order valence-corrected chi connectivity index (χ2v) is 7.73. The molecule has 1 amide bonds. The fourth-order valence-corrected chi connectivity index (χ4v) is 4.92. The molecule has 0 bridgehead atoms. The summed E-state index contributed by atoms with van der Waals surface area (Å²) in [5, 5.41) is 13.2. The molecule has 126 valence electrons. The van der Waals surface area contributed by atoms with E-state index < -0.39 is 22.7 Å². The maximum Gasteiger partial charge on any atom is 0.230 e. The highest BCUT2D eigenvalue weighted by Gasteiger charge is 2.45. The van der Waals surface area contributed by atoms with Crippen LogP contribution in [0.2, 0.25) is 0 Å². The van der Waals surface area contributed by atoms with Gasteiger partial charge in [0.15, 0.2) is 0 Å². The third kappa shape index (κ3) is 3.24. The van der Waals surface area contributed by atoms with Crippen LogP contribution >= 0.6 is 11.8 Å². The van der Waals surface area contributed by atoms with Crippen molar-refractivity contribution in [3.05, 3.63) is 35.4 Å². The van der Waals surface area contributed by atoms with Gasteiger partial charge in [-0.15, -0.1) is 0 Å². The normalized spacial score (nSPS) is 26.4. The molecule has 1 saturated carbocycles. The molecule has 1 heterocycles. The van der Waals surface area contributed by atoms with Gasteiger partial charge in [-0.2, -0.15) is 11.8 Å². The summed E-state index contributed by atoms with van der Waals surface area (Å²) < 4.78 is 27.4. The number of hydrogen-bond acceptors (Lipinski definition) is 3. The number of hydrogen-bond donors (Lipinski definition) is 2. The molecule has 2 fully saturated rings. The van der Waals surface area contributed by atoms with E-state index >= 15 is 0 Å². The highest BCUT2D eigenvalue weighted by atomic mass is 32.2. The van der Waals surface area contributed by atoms with Crippen molar-refractivity contribution >= 4 is 17.7 Å². The third-order valence-electron chi connectivity index (χ3n) is 5.00. The van der Waals surface area contributed by atoms with Crippen LogP contribution in [-0.4, -0.2) is 34.7 Å². The van der Waals surface area contributed by atoms with E-state index in [1.54, 1.807) is 11.8 Å². The number of carbonyl (C=O) groups is 1. The molecule has 1 aliphatic heterocycles. The van der Waals surface area contributed by atoms with Crippen LogP contribution in [-0.2, 0) is 10.2 Å². The van der Waals surface area contributed by atoms with Crippen molar-refractivity contribution in [1.29, 1.82) is 0 Å². The number of benzene rings is 1. The molecule has 1 aliphatic carbocycles. The molecular weight excluding hydrogens is 320 g/mol. The molecule has 0 aromatic heterocycles. The topological polar surface area (TPSA) is 49.3 Å². The second kappa shape index (κ2) is 6.40. The van der Waals surface area contributed by atoms with Gasteiger partial charge in [0, 0.05) is 23.9 Å². The highest BCUT2D eigenvalue weighted by molar-refractivity contribution is 7.99. The predicted molar refractivity (Wildman–Crippen MR) is 86.4 cm³/mol. The Morgan fingerprint density at radius 2 is 2.00 bits per heavy atom. The van der Waals surface area contributed by atoms with Crippen LogP contribution in [0.25, 0.3) is 0 Å². The molecule has 3 rings (SSSR count). The van der Waals surface area contributed by atoms with E-state index in [9.17, 15) is 18.7 Å². The fourth-order valence-electron chi connectivity index (χ4n) is 3.62. The third-order valence-corrected chi connectivity index (χ3v) is 6.23. The number of carbonyl (C=O) groups excluding carboxylic acids is 1. The molecule has 0 spiro atoms. The first-order valence-corrected chi connectivity index (χ1v) is 9.15. The minimum atomic E-state index is -0.945. The summed E-state index contributed by atoms with van der Waals surface area (Å²) in [4.78, 5) is 12.8. The Labute approximate surface area is 138 Å². The lowest BCUT2D eigenvalue weighted by Gasteiger charge is -2.31. The zero-order valence-corrected chi connectivity index (χ0v) is 13.7. The maximum absolute atomic E-state index is 14.3. The SMILES string of the molecule is O=C(NC[C@]1(O)CCSC1)C1(c2ccc(F)cc2F)CCCC1. The largest absolute Gasteiger partial charge is 0.387 e. The Morgan fingerprint density at radius 1 is 1.26 bits per heavy atom. The molecule has 1 saturated heterocycles. The number of nitrogens with one attached hydrogen (secondary N) is 1. The van der Waals surface area contributed by atoms with Crippen LogP contribution in [0.4, 0.5) is 8.78 Å². The van der Waals surface area contributed by atoms with E-state index in [2.05, 4.69) is 5.32 Å². The van der Waals surface area contributed by atoms with Crippen molar-refractivity contribution in [2.24, 2.45) is 0 Å². The van der Waals surface area contributed by atoms with E-state index in [0.717, 1.165) is 24.7 Å². The van der Waals surface area contributed by atoms with Crippen LogP contribution < -0.4 is 5.32 Å². The first-order valence-electron chi connectivity index (χ1n) is 7.99. The molecule has 23 heavy (non-hydrogen) atoms. The number of amides is 1. The Bertz CT molecular complexity index is 596. The summed E-state index contributed by atoms with van der Waals surface area (Å²) in [5.74, 6) is -0.0879. The number of halogens is 2. The lowest BCUT2D eigenvalue weighted by atomic mass is 9.77. The van der Waals surface area contributed by atoms with Gasteiger partial charge in [-0.1, -0.05) is 18.9 Å². The summed E-state index contributed by atoms with van der Waals surface area (Å²) in [5.41, 5.74) is -1.55. The number of rotatable bonds is 4. The van der Waals surface area contributed by atoms with Gasteiger partial charge < -0.3 is 10.4 Å². The van der Waals surface area contributed by atoms with E-state index in [1.807, 2.05) is 0 Å². The first-order chi connectivity index (χ1) is 11.0. The Morgan fingerprint density at radius 3 is 2.61 bits per heavy atom. The first kappa shape index (κ1) is 16.7. The molecule has 1 aromatic rings. The lowest BCUT2D eigenvalue weighted by molar-refractivity contribution is -0.127. The molecule has 1 atom stereocenters. The van der Waals surface area contributed by atoms with Crippen molar-refractivity contribution in [2.75, 3.05) is 18.1 Å². The summed E-state index contributed by atoms with van der Waals surface area (Å²) in [6.07, 6.45) is 3.42. The monoisotopic (exact) mass is 341 g/mol. The average molecular weight is 341 g/mol. The van der Waals surface area contributed by atoms with E-state index in [-0.39, 0.29) is 18.0 Å². The molecule has 2 N–H and O–H groups in total. The van der Waals surface area contributed by atoms with Crippen LogP contribution in [0.5, 0.6) is 0 Å². The Balaban J connectivity index is 1.81. The molecule has 2 aliphatic rings. The molecule has 0 unspecified atom stereocenters. The number of aliphatic hydroxyl groups is 1. The Hall–Kier alpha value is -1.14. The van der Waals surface area contributed by atoms with Crippen molar-refractivity contribution in [3.63, 3.8) is 0 Å². The van der Waals surface area contributed by atoms with Crippen LogP contribution in [0.3, 0.4) is 0 Å². The van der Waals surface area contributed by atoms with Gasteiger partial charge in [0.25, 0.3) is 0 Å². The average Bonchev–Trinajstić information content (AvgIpc) is 3.15. The van der Waals surface area contributed by atoms with Crippen LogP contribution in [0.15, 0.2) is 18.2 Å². The standard InChI is InChI=1S/C17H21F2NO2S/c18-12-3-4-13(14(19)9-12)17(5-1-2-6-17)15(21)20-10-16(22)7-8-23-11-16/h3-4,9,22H,1-2,5-8,10-11H2,(H,20,21)/t16-/m1/s1. The summed E-state index contributed by atoms with van der Waals surface area (Å²) >= 11 is 1.66. The summed E-state index contributed by atoms with van der Waals surface area (Å²) in [6.45, 7) is 0.184. The van der Waals surface area contributed by atoms with Crippen LogP contribution in [0.1, 0.15) is 37.7 Å². The van der Waals surface area contributed by atoms with Gasteiger partial charge in [0.2, 0.25) is 5.91 Å². The van der Waals surface area contributed by atoms with E-state index in [0.29, 0.717) is 25.0 Å². The van der Waals surface area contributed by atoms with Gasteiger partial charge in [0.05, 0.1) is 11.0 Å². The van der Waals surface area contributed by atoms with Gasteiger partial charge in [-0.05, 0) is 31.1 Å². The minimum absolute atomic E-state index is 0.184. The van der Waals surface area contributed by atoms with Crippen molar-refractivity contribution in [2.45, 2.75) is 43.1 Å². The molecule has 6 heteroatoms. The highest BCUT2D eigenvalue weighted by Crippen LogP contribution is 2.42. The maximum atomic E-state index is 14.3. The van der Waals surface area contributed by atoms with E-state index in [4.69, 9.17) is 0 Å². The molecular formula is C17H21F2NO2S.